The highest BCUT2D eigenvalue weighted by Gasteiger charge is 2.34. The van der Waals surface area contributed by atoms with Crippen molar-refractivity contribution in [2.45, 2.75) is 19.2 Å². The van der Waals surface area contributed by atoms with E-state index in [4.69, 9.17) is 4.74 Å². The number of nitrogens with one attached hydrogen (secondary N) is 1. The Balaban J connectivity index is 2.13. The zero-order valence-electron chi connectivity index (χ0n) is 13.2. The summed E-state index contributed by atoms with van der Waals surface area (Å²) >= 11 is 0. The van der Waals surface area contributed by atoms with Gasteiger partial charge in [-0.1, -0.05) is 12.1 Å². The quantitative estimate of drug-likeness (QED) is 0.485. The molecule has 6 nitrogen and oxygen atoms in total. The minimum absolute atomic E-state index is 0.442. The fourth-order valence-electron chi connectivity index (χ4n) is 2.02. The molecule has 138 valence electrons. The Morgan fingerprint density at radius 3 is 2.46 bits per heavy atom. The molecule has 0 bridgehead atoms. The first-order valence-corrected chi connectivity index (χ1v) is 7.17. The number of rotatable bonds is 5. The maximum Gasteiger partial charge on any atom is 0.418 e. The Morgan fingerprint density at radius 2 is 1.88 bits per heavy atom. The summed E-state index contributed by atoms with van der Waals surface area (Å²) in [5, 5.41) is 12.6. The largest absolute Gasteiger partial charge is 0.478 e. The molecule has 1 N–H and O–H groups in total. The lowest BCUT2D eigenvalue weighted by atomic mass is 10.1. The number of nitro benzene ring substituents is 1. The number of para-hydroxylation sites is 1. The number of hydrogen-bond donors (Lipinski definition) is 1. The molecule has 2 rings (SSSR count). The molecule has 0 saturated heterocycles. The van der Waals surface area contributed by atoms with E-state index in [1.54, 1.807) is 0 Å². The van der Waals surface area contributed by atoms with Crippen molar-refractivity contribution in [1.82, 2.24) is 0 Å². The fraction of sp³-hybridized carbons (Fsp3) is 0.188. The van der Waals surface area contributed by atoms with Gasteiger partial charge in [0.15, 0.2) is 17.7 Å². The Bertz CT molecular complexity index is 839. The molecule has 0 aliphatic carbocycles. The van der Waals surface area contributed by atoms with Gasteiger partial charge in [0, 0.05) is 6.07 Å². The van der Waals surface area contributed by atoms with E-state index in [0.29, 0.717) is 6.07 Å². The Morgan fingerprint density at radius 1 is 1.23 bits per heavy atom. The first-order chi connectivity index (χ1) is 12.1. The van der Waals surface area contributed by atoms with Crippen molar-refractivity contribution in [2.24, 2.45) is 0 Å². The number of halogens is 4. The van der Waals surface area contributed by atoms with Crippen LogP contribution in [0.2, 0.25) is 0 Å². The molecule has 1 amide bonds. The molecule has 26 heavy (non-hydrogen) atoms. The van der Waals surface area contributed by atoms with Crippen LogP contribution in [0, 0.1) is 15.9 Å². The summed E-state index contributed by atoms with van der Waals surface area (Å²) in [6.45, 7) is 1.20. The molecule has 0 unspecified atom stereocenters. The van der Waals surface area contributed by atoms with Gasteiger partial charge in [-0.3, -0.25) is 14.9 Å². The van der Waals surface area contributed by atoms with E-state index in [1.807, 2.05) is 0 Å². The predicted molar refractivity (Wildman–Crippen MR) is 83.2 cm³/mol. The molecular formula is C16H12F4N2O4. The highest BCUT2D eigenvalue weighted by molar-refractivity contribution is 5.94. The number of hydrogen-bond acceptors (Lipinski definition) is 4. The number of carbonyl (C=O) groups excluding carboxylic acids is 1. The summed E-state index contributed by atoms with van der Waals surface area (Å²) < 4.78 is 57.6. The van der Waals surface area contributed by atoms with Crippen molar-refractivity contribution in [3.8, 4) is 5.75 Å². The van der Waals surface area contributed by atoms with Crippen molar-refractivity contribution in [3.05, 3.63) is 64.0 Å². The van der Waals surface area contributed by atoms with Crippen LogP contribution >= 0.6 is 0 Å². The van der Waals surface area contributed by atoms with E-state index in [-0.39, 0.29) is 0 Å². The van der Waals surface area contributed by atoms with Gasteiger partial charge < -0.3 is 10.1 Å². The predicted octanol–water partition coefficient (Wildman–Crippen LogP) is 4.16. The van der Waals surface area contributed by atoms with Gasteiger partial charge in [-0.2, -0.15) is 13.2 Å². The summed E-state index contributed by atoms with van der Waals surface area (Å²) in [5.41, 5.74) is -2.02. The van der Waals surface area contributed by atoms with Crippen molar-refractivity contribution in [3.63, 3.8) is 0 Å². The zero-order chi connectivity index (χ0) is 19.5. The third-order valence-electron chi connectivity index (χ3n) is 3.29. The second kappa shape index (κ2) is 7.38. The first-order valence-electron chi connectivity index (χ1n) is 7.17. The summed E-state index contributed by atoms with van der Waals surface area (Å²) in [4.78, 5) is 21.8. The maximum atomic E-state index is 13.8. The molecule has 0 spiro atoms. The highest BCUT2D eigenvalue weighted by Crippen LogP contribution is 2.34. The molecular weight excluding hydrogens is 360 g/mol. The molecule has 0 radical (unpaired) electrons. The first kappa shape index (κ1) is 19.2. The lowest BCUT2D eigenvalue weighted by molar-refractivity contribution is -0.385. The summed E-state index contributed by atoms with van der Waals surface area (Å²) in [7, 11) is 0. The van der Waals surface area contributed by atoms with Crippen LogP contribution in [-0.4, -0.2) is 16.9 Å². The van der Waals surface area contributed by atoms with Crippen LogP contribution in [0.5, 0.6) is 5.75 Å². The van der Waals surface area contributed by atoms with Crippen molar-refractivity contribution in [1.29, 1.82) is 0 Å². The summed E-state index contributed by atoms with van der Waals surface area (Å²) in [6, 6.07) is 6.90. The lowest BCUT2D eigenvalue weighted by Gasteiger charge is -2.17. The van der Waals surface area contributed by atoms with Gasteiger partial charge >= 0.3 is 6.18 Å². The molecule has 0 saturated carbocycles. The normalized spacial score (nSPS) is 12.3. The van der Waals surface area contributed by atoms with Gasteiger partial charge in [0.1, 0.15) is 0 Å². The minimum atomic E-state index is -4.67. The average Bonchev–Trinajstić information content (AvgIpc) is 2.55. The number of carbonyl (C=O) groups is 1. The molecule has 2 aromatic rings. The van der Waals surface area contributed by atoms with Gasteiger partial charge in [0.05, 0.1) is 22.2 Å². The number of amides is 1. The molecule has 2 aromatic carbocycles. The summed E-state index contributed by atoms with van der Waals surface area (Å²) in [6.07, 6.45) is -6.02. The Kier molecular flexibility index (Phi) is 5.44. The molecule has 0 aliphatic rings. The van der Waals surface area contributed by atoms with Crippen molar-refractivity contribution < 1.29 is 32.0 Å². The van der Waals surface area contributed by atoms with Crippen LogP contribution in [0.3, 0.4) is 0 Å². The van der Waals surface area contributed by atoms with Crippen LogP contribution in [0.1, 0.15) is 12.5 Å². The number of ether oxygens (including phenoxy) is 1. The van der Waals surface area contributed by atoms with Crippen molar-refractivity contribution in [2.75, 3.05) is 5.32 Å². The molecule has 10 heteroatoms. The number of benzene rings is 2. The van der Waals surface area contributed by atoms with E-state index in [1.165, 1.54) is 19.1 Å². The van der Waals surface area contributed by atoms with Gasteiger partial charge in [-0.25, -0.2) is 4.39 Å². The van der Waals surface area contributed by atoms with Gasteiger partial charge in [-0.15, -0.1) is 0 Å². The zero-order valence-corrected chi connectivity index (χ0v) is 13.2. The smallest absolute Gasteiger partial charge is 0.418 e. The number of nitro groups is 1. The number of nitrogens with zero attached hydrogens (tertiary/aromatic N) is 1. The van der Waals surface area contributed by atoms with E-state index < -0.39 is 51.6 Å². The van der Waals surface area contributed by atoms with Crippen LogP contribution in [0.15, 0.2) is 42.5 Å². The van der Waals surface area contributed by atoms with Crippen LogP contribution in [-0.2, 0) is 11.0 Å². The van der Waals surface area contributed by atoms with Gasteiger partial charge in [0.2, 0.25) is 0 Å². The Hall–Kier alpha value is -3.17. The minimum Gasteiger partial charge on any atom is -0.478 e. The average molecular weight is 372 g/mol. The SMILES string of the molecule is C[C@@H](Oc1ccc([N+](=O)[O-])cc1F)C(=O)Nc1ccccc1C(F)(F)F. The standard InChI is InChI=1S/C16H12F4N2O4/c1-9(26-14-7-6-10(22(24)25)8-12(14)17)15(23)21-13-5-3-2-4-11(13)16(18,19)20/h2-9H,1H3,(H,21,23)/t9-/m1/s1. The van der Waals surface area contributed by atoms with Crippen LogP contribution < -0.4 is 10.1 Å². The second-order valence-electron chi connectivity index (χ2n) is 5.16. The maximum absolute atomic E-state index is 13.8. The summed E-state index contributed by atoms with van der Waals surface area (Å²) in [5.74, 6) is -2.46. The monoisotopic (exact) mass is 372 g/mol. The van der Waals surface area contributed by atoms with E-state index in [0.717, 1.165) is 24.3 Å². The number of anilines is 1. The topological polar surface area (TPSA) is 81.5 Å². The van der Waals surface area contributed by atoms with Crippen LogP contribution in [0.4, 0.5) is 28.9 Å². The molecule has 1 atom stereocenters. The van der Waals surface area contributed by atoms with E-state index >= 15 is 0 Å². The number of alkyl halides is 3. The van der Waals surface area contributed by atoms with Gasteiger partial charge in [-0.05, 0) is 25.1 Å². The van der Waals surface area contributed by atoms with E-state index in [2.05, 4.69) is 5.32 Å². The highest BCUT2D eigenvalue weighted by atomic mass is 19.4. The third-order valence-corrected chi connectivity index (χ3v) is 3.29. The lowest BCUT2D eigenvalue weighted by Crippen LogP contribution is -2.31. The van der Waals surface area contributed by atoms with Gasteiger partial charge in [0.25, 0.3) is 11.6 Å². The molecule has 0 aliphatic heterocycles. The molecule has 0 fully saturated rings. The van der Waals surface area contributed by atoms with Crippen molar-refractivity contribution >= 4 is 17.3 Å². The Labute approximate surface area is 144 Å². The van der Waals surface area contributed by atoms with Crippen LogP contribution in [0.25, 0.3) is 0 Å². The molecule has 0 heterocycles. The van der Waals surface area contributed by atoms with E-state index in [9.17, 15) is 32.5 Å². The number of non-ortho nitro benzene ring substituents is 1. The second-order valence-corrected chi connectivity index (χ2v) is 5.16. The third kappa shape index (κ3) is 4.47. The fourth-order valence-corrected chi connectivity index (χ4v) is 2.02. The molecule has 0 aromatic heterocycles.